The van der Waals surface area contributed by atoms with Crippen LogP contribution in [-0.4, -0.2) is 34.0 Å². The molecule has 0 amide bonds. The van der Waals surface area contributed by atoms with Crippen LogP contribution in [0.25, 0.3) is 0 Å². The van der Waals surface area contributed by atoms with Gasteiger partial charge in [-0.05, 0) is 0 Å². The Hall–Kier alpha value is -0.610. The molecule has 0 rings (SSSR count). The molecule has 0 aliphatic heterocycles. The molecule has 1 unspecified atom stereocenters. The third-order valence-electron chi connectivity index (χ3n) is 1.08. The van der Waals surface area contributed by atoms with Crippen LogP contribution in [0.4, 0.5) is 0 Å². The van der Waals surface area contributed by atoms with Crippen LogP contribution in [0.2, 0.25) is 0 Å². The summed E-state index contributed by atoms with van der Waals surface area (Å²) in [7, 11) is 0. The van der Waals surface area contributed by atoms with Gasteiger partial charge in [-0.1, -0.05) is 6.92 Å². The highest BCUT2D eigenvalue weighted by Crippen LogP contribution is 2.00. The molecule has 0 aliphatic carbocycles. The summed E-state index contributed by atoms with van der Waals surface area (Å²) < 4.78 is 0. The summed E-state index contributed by atoms with van der Waals surface area (Å²) in [6.07, 6.45) is -1.45. The van der Waals surface area contributed by atoms with Crippen LogP contribution in [-0.2, 0) is 4.79 Å². The normalized spacial score (nSPS) is 16.8. The van der Waals surface area contributed by atoms with Gasteiger partial charge in [0.25, 0.3) is 0 Å². The van der Waals surface area contributed by atoms with Crippen molar-refractivity contribution in [2.24, 2.45) is 5.92 Å². The number of carboxylic acid groups (broad SMARTS) is 1. The molecule has 0 aromatic rings. The van der Waals surface area contributed by atoms with Crippen LogP contribution in [0, 0.1) is 5.92 Å². The van der Waals surface area contributed by atoms with Crippen LogP contribution in [0.5, 0.6) is 0 Å². The minimum atomic E-state index is -1.45. The van der Waals surface area contributed by atoms with Crippen molar-refractivity contribution in [3.05, 3.63) is 0 Å². The lowest BCUT2D eigenvalue weighted by Gasteiger charge is -2.10. The zero-order chi connectivity index (χ0) is 7.44. The number of rotatable bonds is 3. The summed E-state index contributed by atoms with van der Waals surface area (Å²) in [6.45, 7) is 1.15. The SMILES string of the molecule is C[C@H](CO)C(O)C(=O)O. The molecule has 0 aliphatic rings. The van der Waals surface area contributed by atoms with Crippen molar-refractivity contribution < 1.29 is 20.1 Å². The van der Waals surface area contributed by atoms with Gasteiger partial charge in [-0.25, -0.2) is 4.79 Å². The smallest absolute Gasteiger partial charge is 0.332 e. The maximum atomic E-state index is 9.94. The Bertz CT molecular complexity index is 101. The van der Waals surface area contributed by atoms with E-state index in [1.54, 1.807) is 0 Å². The Morgan fingerprint density at radius 2 is 2.11 bits per heavy atom. The first kappa shape index (κ1) is 8.39. The predicted molar refractivity (Wildman–Crippen MR) is 29.9 cm³/mol. The van der Waals surface area contributed by atoms with Crippen molar-refractivity contribution in [2.45, 2.75) is 13.0 Å². The summed E-state index contributed by atoms with van der Waals surface area (Å²) in [6, 6.07) is 0. The van der Waals surface area contributed by atoms with Crippen LogP contribution < -0.4 is 0 Å². The van der Waals surface area contributed by atoms with Gasteiger partial charge in [0, 0.05) is 12.5 Å². The Kier molecular flexibility index (Phi) is 3.19. The van der Waals surface area contributed by atoms with Gasteiger partial charge in [-0.15, -0.1) is 0 Å². The number of hydrogen-bond donors (Lipinski definition) is 3. The van der Waals surface area contributed by atoms with E-state index in [2.05, 4.69) is 0 Å². The van der Waals surface area contributed by atoms with E-state index in [4.69, 9.17) is 15.3 Å². The summed E-state index contributed by atoms with van der Waals surface area (Å²) in [5.74, 6) is -1.89. The number of hydrogen-bond acceptors (Lipinski definition) is 3. The molecule has 54 valence electrons. The van der Waals surface area contributed by atoms with Crippen molar-refractivity contribution in [3.8, 4) is 0 Å². The number of aliphatic hydroxyl groups excluding tert-OH is 2. The van der Waals surface area contributed by atoms with Crippen LogP contribution >= 0.6 is 0 Å². The number of carboxylic acids is 1. The van der Waals surface area contributed by atoms with Gasteiger partial charge in [0.2, 0.25) is 0 Å². The molecule has 2 atom stereocenters. The summed E-state index contributed by atoms with van der Waals surface area (Å²) in [4.78, 5) is 9.94. The fraction of sp³-hybridized carbons (Fsp3) is 0.800. The molecular weight excluding hydrogens is 124 g/mol. The lowest BCUT2D eigenvalue weighted by molar-refractivity contribution is -0.150. The molecule has 0 bridgehead atoms. The Balaban J connectivity index is 3.72. The van der Waals surface area contributed by atoms with E-state index >= 15 is 0 Å². The standard InChI is InChI=1S/C5H10O4/c1-3(2-6)4(7)5(8)9/h3-4,6-7H,2H2,1H3,(H,8,9)/t3-,4?/m1/s1. The first-order valence-corrected chi connectivity index (χ1v) is 2.61. The molecular formula is C5H10O4. The van der Waals surface area contributed by atoms with E-state index in [0.717, 1.165) is 0 Å². The van der Waals surface area contributed by atoms with E-state index in [0.29, 0.717) is 0 Å². The molecule has 0 saturated heterocycles. The molecule has 0 heterocycles. The van der Waals surface area contributed by atoms with E-state index in [1.165, 1.54) is 6.92 Å². The Morgan fingerprint density at radius 3 is 2.22 bits per heavy atom. The average molecular weight is 134 g/mol. The second-order valence-electron chi connectivity index (χ2n) is 1.94. The van der Waals surface area contributed by atoms with E-state index < -0.39 is 18.0 Å². The minimum absolute atomic E-state index is 0.312. The third kappa shape index (κ3) is 2.43. The molecule has 0 saturated carbocycles. The highest BCUT2D eigenvalue weighted by atomic mass is 16.4. The van der Waals surface area contributed by atoms with Crippen molar-refractivity contribution in [2.75, 3.05) is 6.61 Å². The minimum Gasteiger partial charge on any atom is -0.479 e. The van der Waals surface area contributed by atoms with Gasteiger partial charge in [0.15, 0.2) is 6.10 Å². The first-order valence-electron chi connectivity index (χ1n) is 2.61. The summed E-state index contributed by atoms with van der Waals surface area (Å²) in [5.41, 5.74) is 0. The third-order valence-corrected chi connectivity index (χ3v) is 1.08. The molecule has 0 radical (unpaired) electrons. The largest absolute Gasteiger partial charge is 0.479 e. The summed E-state index contributed by atoms with van der Waals surface area (Å²) in [5, 5.41) is 25.1. The summed E-state index contributed by atoms with van der Waals surface area (Å²) >= 11 is 0. The van der Waals surface area contributed by atoms with Crippen LogP contribution in [0.15, 0.2) is 0 Å². The van der Waals surface area contributed by atoms with Gasteiger partial charge in [0.1, 0.15) is 0 Å². The maximum absolute atomic E-state index is 9.94. The fourth-order valence-electron chi connectivity index (χ4n) is 0.343. The number of aliphatic hydroxyl groups is 2. The van der Waals surface area contributed by atoms with E-state index in [9.17, 15) is 4.79 Å². The average Bonchev–Trinajstić information content (AvgIpc) is 1.84. The second-order valence-corrected chi connectivity index (χ2v) is 1.94. The fourth-order valence-corrected chi connectivity index (χ4v) is 0.343. The van der Waals surface area contributed by atoms with Gasteiger partial charge in [-0.3, -0.25) is 0 Å². The Morgan fingerprint density at radius 1 is 1.67 bits per heavy atom. The zero-order valence-corrected chi connectivity index (χ0v) is 5.11. The highest BCUT2D eigenvalue weighted by molar-refractivity contribution is 5.72. The van der Waals surface area contributed by atoms with Crippen molar-refractivity contribution in [3.63, 3.8) is 0 Å². The monoisotopic (exact) mass is 134 g/mol. The molecule has 0 aromatic carbocycles. The number of aliphatic carboxylic acids is 1. The number of carbonyl (C=O) groups is 1. The molecule has 3 N–H and O–H groups in total. The lowest BCUT2D eigenvalue weighted by Crippen LogP contribution is -2.29. The molecule has 9 heavy (non-hydrogen) atoms. The van der Waals surface area contributed by atoms with Gasteiger partial charge >= 0.3 is 5.97 Å². The van der Waals surface area contributed by atoms with Gasteiger partial charge in [-0.2, -0.15) is 0 Å². The second kappa shape index (κ2) is 3.42. The predicted octanol–water partition coefficient (Wildman–Crippen LogP) is -0.940. The lowest BCUT2D eigenvalue weighted by atomic mass is 10.1. The molecule has 0 fully saturated rings. The van der Waals surface area contributed by atoms with Gasteiger partial charge < -0.3 is 15.3 Å². The highest BCUT2D eigenvalue weighted by Gasteiger charge is 2.19. The zero-order valence-electron chi connectivity index (χ0n) is 5.11. The molecule has 4 heteroatoms. The topological polar surface area (TPSA) is 77.8 Å². The first-order chi connectivity index (χ1) is 4.09. The van der Waals surface area contributed by atoms with Crippen molar-refractivity contribution in [1.29, 1.82) is 0 Å². The molecule has 0 spiro atoms. The maximum Gasteiger partial charge on any atom is 0.332 e. The van der Waals surface area contributed by atoms with Crippen LogP contribution in [0.3, 0.4) is 0 Å². The van der Waals surface area contributed by atoms with Crippen LogP contribution in [0.1, 0.15) is 6.92 Å². The van der Waals surface area contributed by atoms with E-state index in [1.807, 2.05) is 0 Å². The molecule has 0 aromatic heterocycles. The molecule has 4 nitrogen and oxygen atoms in total. The quantitative estimate of drug-likeness (QED) is 0.465. The van der Waals surface area contributed by atoms with Crippen molar-refractivity contribution in [1.82, 2.24) is 0 Å². The Labute approximate surface area is 52.7 Å². The van der Waals surface area contributed by atoms with Gasteiger partial charge in [0.05, 0.1) is 0 Å². The van der Waals surface area contributed by atoms with E-state index in [-0.39, 0.29) is 6.61 Å². The van der Waals surface area contributed by atoms with Crippen molar-refractivity contribution >= 4 is 5.97 Å².